The van der Waals surface area contributed by atoms with Crippen molar-refractivity contribution in [3.05, 3.63) is 10.6 Å². The van der Waals surface area contributed by atoms with Gasteiger partial charge in [-0.3, -0.25) is 4.90 Å². The number of aromatic nitrogens is 1. The second-order valence-electron chi connectivity index (χ2n) is 6.09. The minimum atomic E-state index is 0.501. The Morgan fingerprint density at radius 2 is 1.95 bits per heavy atom. The Balaban J connectivity index is 2.23. The average molecular weight is 296 g/mol. The molecule has 2 heterocycles. The second kappa shape index (κ2) is 6.41. The van der Waals surface area contributed by atoms with Crippen LogP contribution in [0.3, 0.4) is 0 Å². The van der Waals surface area contributed by atoms with Gasteiger partial charge in [-0.2, -0.15) is 0 Å². The predicted octanol–water partition coefficient (Wildman–Crippen LogP) is 2.64. The van der Waals surface area contributed by atoms with Gasteiger partial charge in [-0.1, -0.05) is 13.8 Å². The zero-order valence-electron chi connectivity index (χ0n) is 13.4. The van der Waals surface area contributed by atoms with Gasteiger partial charge in [0.15, 0.2) is 5.13 Å². The number of hydrogen-bond acceptors (Lipinski definition) is 5. The topological polar surface area (TPSA) is 45.4 Å². The summed E-state index contributed by atoms with van der Waals surface area (Å²) in [5.74, 6) is 0.501. The molecule has 1 aromatic rings. The van der Waals surface area contributed by atoms with E-state index < -0.39 is 0 Å². The summed E-state index contributed by atoms with van der Waals surface area (Å²) in [6.45, 7) is 11.7. The highest BCUT2D eigenvalue weighted by Crippen LogP contribution is 2.33. The number of anilines is 1. The molecule has 0 spiro atoms. The van der Waals surface area contributed by atoms with Crippen molar-refractivity contribution in [2.75, 3.05) is 25.0 Å². The average Bonchev–Trinajstić information content (AvgIpc) is 2.87. The molecule has 20 heavy (non-hydrogen) atoms. The number of rotatable bonds is 4. The van der Waals surface area contributed by atoms with Crippen LogP contribution in [0, 0.1) is 0 Å². The number of thiazole rings is 1. The van der Waals surface area contributed by atoms with E-state index >= 15 is 0 Å². The standard InChI is InChI=1S/C15H28N4S/c1-6-10(2)14-13(7-16)20-15(17-14)19-8-11(3)18(5)12(4)9-19/h10-12H,6-9,16H2,1-5H3. The van der Waals surface area contributed by atoms with Gasteiger partial charge < -0.3 is 10.6 Å². The molecule has 0 saturated carbocycles. The minimum Gasteiger partial charge on any atom is -0.345 e. The van der Waals surface area contributed by atoms with Gasteiger partial charge in [0.1, 0.15) is 0 Å². The first kappa shape index (κ1) is 15.7. The van der Waals surface area contributed by atoms with Gasteiger partial charge in [-0.15, -0.1) is 11.3 Å². The predicted molar refractivity (Wildman–Crippen MR) is 87.6 cm³/mol. The Kier molecular flexibility index (Phi) is 5.04. The lowest BCUT2D eigenvalue weighted by Gasteiger charge is -2.42. The van der Waals surface area contributed by atoms with E-state index in [0.717, 1.165) is 24.6 Å². The summed E-state index contributed by atoms with van der Waals surface area (Å²) in [6.07, 6.45) is 1.12. The molecule has 1 aromatic heterocycles. The maximum absolute atomic E-state index is 5.91. The van der Waals surface area contributed by atoms with E-state index in [1.165, 1.54) is 10.6 Å². The van der Waals surface area contributed by atoms with E-state index in [1.54, 1.807) is 11.3 Å². The second-order valence-corrected chi connectivity index (χ2v) is 7.15. The molecule has 5 heteroatoms. The highest BCUT2D eigenvalue weighted by Gasteiger charge is 2.29. The fourth-order valence-electron chi connectivity index (χ4n) is 2.77. The lowest BCUT2D eigenvalue weighted by Crippen LogP contribution is -2.55. The Morgan fingerprint density at radius 3 is 2.45 bits per heavy atom. The highest BCUT2D eigenvalue weighted by molar-refractivity contribution is 7.15. The largest absolute Gasteiger partial charge is 0.345 e. The molecule has 0 radical (unpaired) electrons. The smallest absolute Gasteiger partial charge is 0.185 e. The van der Waals surface area contributed by atoms with Crippen LogP contribution < -0.4 is 10.6 Å². The summed E-state index contributed by atoms with van der Waals surface area (Å²) < 4.78 is 0. The summed E-state index contributed by atoms with van der Waals surface area (Å²) in [7, 11) is 2.21. The zero-order valence-corrected chi connectivity index (χ0v) is 14.2. The van der Waals surface area contributed by atoms with Crippen LogP contribution in [-0.2, 0) is 6.54 Å². The molecular weight excluding hydrogens is 268 g/mol. The molecule has 0 bridgehead atoms. The van der Waals surface area contributed by atoms with Gasteiger partial charge in [0, 0.05) is 36.6 Å². The van der Waals surface area contributed by atoms with Crippen LogP contribution in [0.1, 0.15) is 50.6 Å². The molecule has 1 fully saturated rings. The van der Waals surface area contributed by atoms with Crippen LogP contribution in [0.15, 0.2) is 0 Å². The van der Waals surface area contributed by atoms with Crippen LogP contribution in [0.2, 0.25) is 0 Å². The summed E-state index contributed by atoms with van der Waals surface area (Å²) >= 11 is 1.79. The number of piperazine rings is 1. The first-order valence-electron chi connectivity index (χ1n) is 7.64. The maximum Gasteiger partial charge on any atom is 0.185 e. The number of hydrogen-bond donors (Lipinski definition) is 1. The SMILES string of the molecule is CCC(C)c1nc(N2CC(C)N(C)C(C)C2)sc1CN. The molecule has 0 aromatic carbocycles. The van der Waals surface area contributed by atoms with Gasteiger partial charge in [-0.05, 0) is 33.2 Å². The first-order chi connectivity index (χ1) is 9.47. The number of likely N-dealkylation sites (N-methyl/N-ethyl adjacent to an activating group) is 1. The van der Waals surface area contributed by atoms with E-state index in [0.29, 0.717) is 24.5 Å². The molecule has 2 N–H and O–H groups in total. The third-order valence-electron chi connectivity index (χ3n) is 4.61. The fraction of sp³-hybridized carbons (Fsp3) is 0.800. The van der Waals surface area contributed by atoms with Gasteiger partial charge in [-0.25, -0.2) is 4.98 Å². The lowest BCUT2D eigenvalue weighted by molar-refractivity contribution is 0.170. The summed E-state index contributed by atoms with van der Waals surface area (Å²) in [6, 6.07) is 1.13. The molecule has 0 aliphatic carbocycles. The van der Waals surface area contributed by atoms with E-state index in [2.05, 4.69) is 44.5 Å². The Morgan fingerprint density at radius 1 is 1.35 bits per heavy atom. The van der Waals surface area contributed by atoms with Gasteiger partial charge in [0.2, 0.25) is 0 Å². The monoisotopic (exact) mass is 296 g/mol. The van der Waals surface area contributed by atoms with Crippen molar-refractivity contribution in [2.45, 2.75) is 58.7 Å². The van der Waals surface area contributed by atoms with Crippen molar-refractivity contribution in [3.8, 4) is 0 Å². The van der Waals surface area contributed by atoms with Crippen LogP contribution in [-0.4, -0.2) is 42.1 Å². The normalized spacial score (nSPS) is 26.0. The van der Waals surface area contributed by atoms with Crippen LogP contribution in [0.5, 0.6) is 0 Å². The quantitative estimate of drug-likeness (QED) is 0.928. The molecule has 3 unspecified atom stereocenters. The molecule has 0 amide bonds. The van der Waals surface area contributed by atoms with Crippen molar-refractivity contribution in [1.82, 2.24) is 9.88 Å². The van der Waals surface area contributed by atoms with Crippen molar-refractivity contribution in [3.63, 3.8) is 0 Å². The molecule has 3 atom stereocenters. The molecule has 2 rings (SSSR count). The fourth-order valence-corrected chi connectivity index (χ4v) is 3.85. The first-order valence-corrected chi connectivity index (χ1v) is 8.46. The van der Waals surface area contributed by atoms with Crippen LogP contribution in [0.4, 0.5) is 5.13 Å². The third kappa shape index (κ3) is 3.00. The summed E-state index contributed by atoms with van der Waals surface area (Å²) in [5.41, 5.74) is 7.12. The number of nitrogens with zero attached hydrogens (tertiary/aromatic N) is 3. The van der Waals surface area contributed by atoms with Gasteiger partial charge in [0.25, 0.3) is 0 Å². The van der Waals surface area contributed by atoms with E-state index in [1.807, 2.05) is 0 Å². The Labute approximate surface area is 127 Å². The van der Waals surface area contributed by atoms with Crippen molar-refractivity contribution >= 4 is 16.5 Å². The zero-order chi connectivity index (χ0) is 14.9. The van der Waals surface area contributed by atoms with Crippen molar-refractivity contribution < 1.29 is 0 Å². The molecule has 4 nitrogen and oxygen atoms in total. The van der Waals surface area contributed by atoms with Crippen LogP contribution >= 0.6 is 11.3 Å². The minimum absolute atomic E-state index is 0.501. The molecule has 1 saturated heterocycles. The van der Waals surface area contributed by atoms with Crippen molar-refractivity contribution in [1.29, 1.82) is 0 Å². The maximum atomic E-state index is 5.91. The molecule has 1 aliphatic rings. The lowest BCUT2D eigenvalue weighted by atomic mass is 10.0. The molecule has 114 valence electrons. The van der Waals surface area contributed by atoms with E-state index in [9.17, 15) is 0 Å². The molecule has 1 aliphatic heterocycles. The summed E-state index contributed by atoms with van der Waals surface area (Å²) in [4.78, 5) is 11.1. The van der Waals surface area contributed by atoms with Gasteiger partial charge in [0.05, 0.1) is 5.69 Å². The third-order valence-corrected chi connectivity index (χ3v) is 5.77. The van der Waals surface area contributed by atoms with Crippen molar-refractivity contribution in [2.24, 2.45) is 5.73 Å². The Bertz CT molecular complexity index is 433. The van der Waals surface area contributed by atoms with E-state index in [-0.39, 0.29) is 0 Å². The Hall–Kier alpha value is -0.650. The molecular formula is C15H28N4S. The van der Waals surface area contributed by atoms with Crippen LogP contribution in [0.25, 0.3) is 0 Å². The van der Waals surface area contributed by atoms with E-state index in [4.69, 9.17) is 10.7 Å². The van der Waals surface area contributed by atoms with Gasteiger partial charge >= 0.3 is 0 Å². The highest BCUT2D eigenvalue weighted by atomic mass is 32.1. The number of nitrogens with two attached hydrogens (primary N) is 1. The summed E-state index contributed by atoms with van der Waals surface area (Å²) in [5, 5.41) is 1.16.